The number of hydrogen-bond acceptors (Lipinski definition) is 11. The lowest BCUT2D eigenvalue weighted by Crippen LogP contribution is -2.58. The van der Waals surface area contributed by atoms with Gasteiger partial charge in [-0.3, -0.25) is 4.79 Å². The lowest BCUT2D eigenvalue weighted by atomic mass is 9.96. The standard InChI is InChI=1S/C22H24N4O8S/c1-22(11-25-17(20(29)33-4)16(23-24-25)19(28)32-3)18(26-14(27)9-15(26)35-22)21(30)34-10-12-5-7-13(31-2)8-6-12/h5-8,15,18H,9-11H2,1-4H3/t15-,18+,22+/m1/s1. The minimum absolute atomic E-state index is 0.00992. The summed E-state index contributed by atoms with van der Waals surface area (Å²) in [5.74, 6) is -1.76. The van der Waals surface area contributed by atoms with Gasteiger partial charge in [0.15, 0.2) is 5.69 Å². The molecule has 1 aromatic carbocycles. The molecule has 4 rings (SSSR count). The fourth-order valence-electron chi connectivity index (χ4n) is 4.18. The summed E-state index contributed by atoms with van der Waals surface area (Å²) in [4.78, 5) is 51.7. The van der Waals surface area contributed by atoms with E-state index in [-0.39, 0.29) is 42.2 Å². The molecule has 1 amide bonds. The lowest BCUT2D eigenvalue weighted by molar-refractivity contribution is -0.162. The van der Waals surface area contributed by atoms with E-state index in [9.17, 15) is 19.2 Å². The number of nitrogens with zero attached hydrogens (tertiary/aromatic N) is 4. The molecule has 2 aromatic rings. The molecule has 1 aromatic heterocycles. The largest absolute Gasteiger partial charge is 0.497 e. The zero-order chi connectivity index (χ0) is 25.3. The van der Waals surface area contributed by atoms with E-state index in [2.05, 4.69) is 15.0 Å². The Morgan fingerprint density at radius 1 is 1.11 bits per heavy atom. The Morgan fingerprint density at radius 2 is 1.80 bits per heavy atom. The van der Waals surface area contributed by atoms with Crippen LogP contribution in [0.2, 0.25) is 0 Å². The Bertz CT molecular complexity index is 1170. The fourth-order valence-corrected chi connectivity index (χ4v) is 5.91. The minimum atomic E-state index is -0.937. The van der Waals surface area contributed by atoms with E-state index in [0.717, 1.165) is 19.8 Å². The second-order valence-corrected chi connectivity index (χ2v) is 9.89. The molecule has 0 radical (unpaired) electrons. The van der Waals surface area contributed by atoms with Gasteiger partial charge in [0.05, 0.1) is 44.4 Å². The molecule has 12 nitrogen and oxygen atoms in total. The number of aromatic nitrogens is 3. The molecule has 2 fully saturated rings. The SMILES string of the molecule is COC(=O)c1nnn(C[C@]2(C)S[C@@H]3CC(=O)N3[C@H]2C(=O)OCc2ccc(OC)cc2)c1C(=O)OC. The number of ether oxygens (including phenoxy) is 4. The topological polar surface area (TPSA) is 139 Å². The highest BCUT2D eigenvalue weighted by Gasteiger charge is 2.61. The van der Waals surface area contributed by atoms with E-state index in [1.54, 1.807) is 38.3 Å². The Kier molecular flexibility index (Phi) is 6.70. The number of thioether (sulfide) groups is 1. The van der Waals surface area contributed by atoms with Crippen LogP contribution in [0.25, 0.3) is 0 Å². The monoisotopic (exact) mass is 504 g/mol. The number of esters is 3. The van der Waals surface area contributed by atoms with Crippen LogP contribution in [0.3, 0.4) is 0 Å². The number of carbonyl (C=O) groups is 4. The number of hydrogen-bond donors (Lipinski definition) is 0. The van der Waals surface area contributed by atoms with Gasteiger partial charge in [-0.05, 0) is 24.6 Å². The molecule has 186 valence electrons. The quantitative estimate of drug-likeness (QED) is 0.289. The summed E-state index contributed by atoms with van der Waals surface area (Å²) in [6, 6.07) is 6.13. The van der Waals surface area contributed by atoms with Gasteiger partial charge in [0.2, 0.25) is 11.6 Å². The maximum Gasteiger partial charge on any atom is 0.361 e. The Labute approximate surface area is 204 Å². The summed E-state index contributed by atoms with van der Waals surface area (Å²) in [5.41, 5.74) is 0.251. The van der Waals surface area contributed by atoms with Crippen molar-refractivity contribution in [1.29, 1.82) is 0 Å². The van der Waals surface area contributed by atoms with E-state index in [1.807, 2.05) is 0 Å². The van der Waals surface area contributed by atoms with E-state index in [1.165, 1.54) is 21.3 Å². The number of amides is 1. The number of benzene rings is 1. The van der Waals surface area contributed by atoms with Crippen molar-refractivity contribution in [3.63, 3.8) is 0 Å². The third-order valence-corrected chi connectivity index (χ3v) is 7.49. The average Bonchev–Trinajstić information content (AvgIpc) is 3.37. The van der Waals surface area contributed by atoms with E-state index in [0.29, 0.717) is 5.75 Å². The van der Waals surface area contributed by atoms with Crippen LogP contribution in [-0.2, 0) is 37.0 Å². The maximum absolute atomic E-state index is 13.3. The highest BCUT2D eigenvalue weighted by Crippen LogP contribution is 2.52. The van der Waals surface area contributed by atoms with E-state index < -0.39 is 28.7 Å². The molecule has 13 heteroatoms. The van der Waals surface area contributed by atoms with Crippen LogP contribution < -0.4 is 4.74 Å². The first-order chi connectivity index (χ1) is 16.7. The van der Waals surface area contributed by atoms with Gasteiger partial charge >= 0.3 is 17.9 Å². The van der Waals surface area contributed by atoms with Crippen LogP contribution >= 0.6 is 11.8 Å². The zero-order valence-electron chi connectivity index (χ0n) is 19.5. The van der Waals surface area contributed by atoms with Gasteiger partial charge in [-0.1, -0.05) is 17.3 Å². The van der Waals surface area contributed by atoms with Crippen molar-refractivity contribution in [2.45, 2.75) is 42.7 Å². The molecular formula is C22H24N4O8S. The van der Waals surface area contributed by atoms with Crippen molar-refractivity contribution in [2.24, 2.45) is 0 Å². The normalized spacial score (nSPS) is 22.7. The van der Waals surface area contributed by atoms with Crippen LogP contribution in [0.4, 0.5) is 0 Å². The molecule has 0 spiro atoms. The van der Waals surface area contributed by atoms with E-state index in [4.69, 9.17) is 14.2 Å². The predicted molar refractivity (Wildman–Crippen MR) is 121 cm³/mol. The van der Waals surface area contributed by atoms with Gasteiger partial charge < -0.3 is 23.8 Å². The minimum Gasteiger partial charge on any atom is -0.497 e. The Balaban J connectivity index is 1.59. The third kappa shape index (κ3) is 4.43. The predicted octanol–water partition coefficient (Wildman–Crippen LogP) is 1.04. The van der Waals surface area contributed by atoms with Crippen molar-refractivity contribution >= 4 is 35.6 Å². The first-order valence-corrected chi connectivity index (χ1v) is 11.5. The first kappa shape index (κ1) is 24.5. The smallest absolute Gasteiger partial charge is 0.361 e. The zero-order valence-corrected chi connectivity index (χ0v) is 20.4. The summed E-state index contributed by atoms with van der Waals surface area (Å²) in [6.07, 6.45) is 0.289. The molecule has 2 aliphatic heterocycles. The first-order valence-electron chi connectivity index (χ1n) is 10.6. The van der Waals surface area contributed by atoms with Crippen molar-refractivity contribution in [3.05, 3.63) is 41.2 Å². The third-order valence-electron chi connectivity index (χ3n) is 5.93. The van der Waals surface area contributed by atoms with Gasteiger partial charge in [-0.2, -0.15) is 0 Å². The van der Waals surface area contributed by atoms with Crippen LogP contribution in [0.5, 0.6) is 5.75 Å². The van der Waals surface area contributed by atoms with Crippen molar-refractivity contribution in [2.75, 3.05) is 21.3 Å². The summed E-state index contributed by atoms with van der Waals surface area (Å²) in [7, 11) is 3.88. The number of rotatable bonds is 8. The molecule has 0 N–H and O–H groups in total. The summed E-state index contributed by atoms with van der Waals surface area (Å²) < 4.78 is 20.5. The maximum atomic E-state index is 13.3. The van der Waals surface area contributed by atoms with Crippen LogP contribution in [0, 0.1) is 0 Å². The van der Waals surface area contributed by atoms with Gasteiger partial charge in [-0.15, -0.1) is 16.9 Å². The molecule has 2 saturated heterocycles. The molecule has 3 atom stereocenters. The molecule has 35 heavy (non-hydrogen) atoms. The van der Waals surface area contributed by atoms with Gasteiger partial charge in [0.1, 0.15) is 18.4 Å². The fraction of sp³-hybridized carbons (Fsp3) is 0.455. The van der Waals surface area contributed by atoms with Crippen LogP contribution in [-0.4, -0.2) is 81.2 Å². The van der Waals surface area contributed by atoms with Gasteiger partial charge in [0.25, 0.3) is 0 Å². The number of methoxy groups -OCH3 is 3. The lowest BCUT2D eigenvalue weighted by Gasteiger charge is -2.37. The average molecular weight is 505 g/mol. The summed E-state index contributed by atoms with van der Waals surface area (Å²) >= 11 is 1.41. The molecule has 0 bridgehead atoms. The van der Waals surface area contributed by atoms with Crippen LogP contribution in [0.1, 0.15) is 39.9 Å². The molecule has 2 aliphatic rings. The molecule has 3 heterocycles. The Hall–Kier alpha value is -3.61. The Morgan fingerprint density at radius 3 is 2.40 bits per heavy atom. The number of carbonyl (C=O) groups excluding carboxylic acids is 4. The molecular weight excluding hydrogens is 480 g/mol. The number of fused-ring (bicyclic) bond motifs is 1. The number of β-lactam (4-membered cyclic amide) rings is 1. The molecule has 0 saturated carbocycles. The van der Waals surface area contributed by atoms with Gasteiger partial charge in [-0.25, -0.2) is 19.1 Å². The van der Waals surface area contributed by atoms with Crippen molar-refractivity contribution in [3.8, 4) is 5.75 Å². The second kappa shape index (κ2) is 9.56. The van der Waals surface area contributed by atoms with Gasteiger partial charge in [0, 0.05) is 0 Å². The van der Waals surface area contributed by atoms with Crippen molar-refractivity contribution < 1.29 is 38.1 Å². The summed E-state index contributed by atoms with van der Waals surface area (Å²) in [5, 5.41) is 7.51. The highest BCUT2D eigenvalue weighted by atomic mass is 32.2. The molecule has 0 unspecified atom stereocenters. The second-order valence-electron chi connectivity index (χ2n) is 8.18. The van der Waals surface area contributed by atoms with Crippen molar-refractivity contribution in [1.82, 2.24) is 19.9 Å². The summed E-state index contributed by atoms with van der Waals surface area (Å²) in [6.45, 7) is 1.77. The van der Waals surface area contributed by atoms with E-state index >= 15 is 0 Å². The molecule has 0 aliphatic carbocycles. The highest BCUT2D eigenvalue weighted by molar-refractivity contribution is 8.01. The van der Waals surface area contributed by atoms with Crippen LogP contribution in [0.15, 0.2) is 24.3 Å².